The minimum Gasteiger partial charge on any atom is -0.205 e. The number of rotatable bonds is 5. The van der Waals surface area contributed by atoms with Crippen molar-refractivity contribution >= 4 is 10.8 Å². The van der Waals surface area contributed by atoms with Gasteiger partial charge in [-0.3, -0.25) is 0 Å². The molecule has 1 saturated carbocycles. The number of hydrogen-bond donors (Lipinski definition) is 0. The van der Waals surface area contributed by atoms with Crippen LogP contribution in [0.15, 0.2) is 24.3 Å². The molecular weight excluding hydrogens is 316 g/mol. The molecule has 0 aliphatic heterocycles. The van der Waals surface area contributed by atoms with Crippen LogP contribution in [0.3, 0.4) is 0 Å². The molecule has 3 rings (SSSR count). The zero-order chi connectivity index (χ0) is 17.8. The molecule has 1 aliphatic carbocycles. The first-order chi connectivity index (χ1) is 12.1. The van der Waals surface area contributed by atoms with Gasteiger partial charge in [0.05, 0.1) is 0 Å². The van der Waals surface area contributed by atoms with Crippen molar-refractivity contribution in [2.24, 2.45) is 11.8 Å². The highest BCUT2D eigenvalue weighted by molar-refractivity contribution is 5.85. The van der Waals surface area contributed by atoms with Crippen LogP contribution < -0.4 is 0 Å². The second-order valence-electron chi connectivity index (χ2n) is 7.43. The van der Waals surface area contributed by atoms with Gasteiger partial charge in [0.25, 0.3) is 0 Å². The van der Waals surface area contributed by atoms with E-state index in [1.807, 2.05) is 12.1 Å². The van der Waals surface area contributed by atoms with Gasteiger partial charge in [-0.25, -0.2) is 8.78 Å². The van der Waals surface area contributed by atoms with Gasteiger partial charge in [0, 0.05) is 5.39 Å². The zero-order valence-electron chi connectivity index (χ0n) is 14.8. The minimum atomic E-state index is -0.779. The number of nitrogens with zero attached hydrogens (tertiary/aromatic N) is 1. The van der Waals surface area contributed by atoms with Crippen molar-refractivity contribution < 1.29 is 8.78 Å². The highest BCUT2D eigenvalue weighted by atomic mass is 19.1. The number of benzene rings is 2. The number of hydrogen-bond acceptors (Lipinski definition) is 1. The van der Waals surface area contributed by atoms with Crippen LogP contribution >= 0.6 is 0 Å². The SMILES string of the molecule is CCCC1CCC(CCc2ccc3c(F)c(C#N)c(F)cc3c2)CC1. The predicted octanol–water partition coefficient (Wildman–Crippen LogP) is 6.53. The quantitative estimate of drug-likeness (QED) is 0.606. The van der Waals surface area contributed by atoms with E-state index in [4.69, 9.17) is 5.26 Å². The van der Waals surface area contributed by atoms with Gasteiger partial charge >= 0.3 is 0 Å². The molecule has 0 spiro atoms. The largest absolute Gasteiger partial charge is 0.205 e. The van der Waals surface area contributed by atoms with Gasteiger partial charge in [-0.05, 0) is 41.7 Å². The van der Waals surface area contributed by atoms with E-state index >= 15 is 0 Å². The summed E-state index contributed by atoms with van der Waals surface area (Å²) in [4.78, 5) is 0. The van der Waals surface area contributed by atoms with Crippen molar-refractivity contribution in [3.63, 3.8) is 0 Å². The Morgan fingerprint density at radius 1 is 1.04 bits per heavy atom. The monoisotopic (exact) mass is 341 g/mol. The summed E-state index contributed by atoms with van der Waals surface area (Å²) in [5.41, 5.74) is 0.621. The van der Waals surface area contributed by atoms with Crippen molar-refractivity contribution in [1.29, 1.82) is 5.26 Å². The van der Waals surface area contributed by atoms with E-state index in [1.54, 1.807) is 12.1 Å². The number of halogens is 2. The third-order valence-electron chi connectivity index (χ3n) is 5.71. The van der Waals surface area contributed by atoms with Crippen molar-refractivity contribution in [1.82, 2.24) is 0 Å². The molecule has 2 aromatic carbocycles. The van der Waals surface area contributed by atoms with Crippen molar-refractivity contribution in [2.45, 2.75) is 58.3 Å². The molecule has 1 fully saturated rings. The molecule has 3 heteroatoms. The molecular formula is C22H25F2N. The van der Waals surface area contributed by atoms with E-state index in [-0.39, 0.29) is 0 Å². The van der Waals surface area contributed by atoms with E-state index in [9.17, 15) is 8.78 Å². The lowest BCUT2D eigenvalue weighted by Gasteiger charge is -2.28. The Morgan fingerprint density at radius 2 is 1.72 bits per heavy atom. The van der Waals surface area contributed by atoms with Gasteiger partial charge in [-0.15, -0.1) is 0 Å². The van der Waals surface area contributed by atoms with Crippen LogP contribution in [-0.4, -0.2) is 0 Å². The topological polar surface area (TPSA) is 23.8 Å². The second-order valence-corrected chi connectivity index (χ2v) is 7.43. The highest BCUT2D eigenvalue weighted by Gasteiger charge is 2.20. The van der Waals surface area contributed by atoms with Crippen LogP contribution in [0.2, 0.25) is 0 Å². The van der Waals surface area contributed by atoms with Crippen LogP contribution in [0.5, 0.6) is 0 Å². The fraction of sp³-hybridized carbons (Fsp3) is 0.500. The van der Waals surface area contributed by atoms with Crippen LogP contribution in [0.1, 0.15) is 63.0 Å². The van der Waals surface area contributed by atoms with Gasteiger partial charge in [-0.1, -0.05) is 63.6 Å². The molecule has 1 aliphatic rings. The lowest BCUT2D eigenvalue weighted by atomic mass is 9.78. The number of fused-ring (bicyclic) bond motifs is 1. The summed E-state index contributed by atoms with van der Waals surface area (Å²) >= 11 is 0. The molecule has 1 nitrogen and oxygen atoms in total. The number of nitriles is 1. The van der Waals surface area contributed by atoms with Crippen molar-refractivity contribution in [3.8, 4) is 6.07 Å². The molecule has 0 radical (unpaired) electrons. The van der Waals surface area contributed by atoms with E-state index in [0.717, 1.165) is 30.2 Å². The molecule has 25 heavy (non-hydrogen) atoms. The molecule has 0 atom stereocenters. The first-order valence-corrected chi connectivity index (χ1v) is 9.43. The smallest absolute Gasteiger partial charge is 0.151 e. The van der Waals surface area contributed by atoms with Crippen molar-refractivity contribution in [2.75, 3.05) is 0 Å². The van der Waals surface area contributed by atoms with Crippen LogP contribution in [0.4, 0.5) is 8.78 Å². The molecule has 0 amide bonds. The van der Waals surface area contributed by atoms with Gasteiger partial charge in [0.1, 0.15) is 17.4 Å². The van der Waals surface area contributed by atoms with E-state index in [0.29, 0.717) is 10.8 Å². The first kappa shape index (κ1) is 17.9. The Kier molecular flexibility index (Phi) is 5.68. The van der Waals surface area contributed by atoms with Gasteiger partial charge in [-0.2, -0.15) is 5.26 Å². The van der Waals surface area contributed by atoms with E-state index in [1.165, 1.54) is 44.6 Å². The second kappa shape index (κ2) is 7.95. The fourth-order valence-electron chi connectivity index (χ4n) is 4.23. The van der Waals surface area contributed by atoms with Gasteiger partial charge in [0.2, 0.25) is 0 Å². The fourth-order valence-corrected chi connectivity index (χ4v) is 4.23. The summed E-state index contributed by atoms with van der Waals surface area (Å²) in [7, 11) is 0. The summed E-state index contributed by atoms with van der Waals surface area (Å²) in [6.07, 6.45) is 10.1. The summed E-state index contributed by atoms with van der Waals surface area (Å²) in [5, 5.41) is 9.73. The maximum Gasteiger partial charge on any atom is 0.151 e. The maximum atomic E-state index is 14.2. The molecule has 0 aromatic heterocycles. The Bertz CT molecular complexity index is 783. The number of aryl methyl sites for hydroxylation is 1. The summed E-state index contributed by atoms with van der Waals surface area (Å²) in [5.74, 6) is 0.164. The summed E-state index contributed by atoms with van der Waals surface area (Å²) < 4.78 is 28.0. The molecule has 0 saturated heterocycles. The lowest BCUT2D eigenvalue weighted by Crippen LogP contribution is -2.15. The van der Waals surface area contributed by atoms with E-state index in [2.05, 4.69) is 6.92 Å². The van der Waals surface area contributed by atoms with Gasteiger partial charge in [0.15, 0.2) is 5.82 Å². The molecule has 0 heterocycles. The standard InChI is InChI=1S/C22H25F2N/c1-2-3-15-4-6-16(7-5-15)8-9-17-10-11-19-18(12-17)13-21(23)20(14-25)22(19)24/h10-13,15-16H,2-9H2,1H3. The Morgan fingerprint density at radius 3 is 2.36 bits per heavy atom. The molecule has 0 bridgehead atoms. The first-order valence-electron chi connectivity index (χ1n) is 9.43. The molecule has 0 unspecified atom stereocenters. The molecule has 2 aromatic rings. The maximum absolute atomic E-state index is 14.2. The highest BCUT2D eigenvalue weighted by Crippen LogP contribution is 2.34. The van der Waals surface area contributed by atoms with Crippen molar-refractivity contribution in [3.05, 3.63) is 47.0 Å². The third kappa shape index (κ3) is 4.00. The Labute approximate surface area is 148 Å². The lowest BCUT2D eigenvalue weighted by molar-refractivity contribution is 0.252. The molecule has 0 N–H and O–H groups in total. The Balaban J connectivity index is 1.66. The summed E-state index contributed by atoms with van der Waals surface area (Å²) in [6.45, 7) is 2.26. The van der Waals surface area contributed by atoms with Gasteiger partial charge < -0.3 is 0 Å². The van der Waals surface area contributed by atoms with Crippen LogP contribution in [0, 0.1) is 34.8 Å². The average Bonchev–Trinajstić information content (AvgIpc) is 2.61. The van der Waals surface area contributed by atoms with Crippen LogP contribution in [-0.2, 0) is 6.42 Å². The van der Waals surface area contributed by atoms with Crippen LogP contribution in [0.25, 0.3) is 10.8 Å². The summed E-state index contributed by atoms with van der Waals surface area (Å²) in [6, 6.07) is 8.33. The normalized spacial score (nSPS) is 20.6. The Hall–Kier alpha value is -1.95. The van der Waals surface area contributed by atoms with E-state index < -0.39 is 17.2 Å². The predicted molar refractivity (Wildman–Crippen MR) is 97.3 cm³/mol. The zero-order valence-corrected chi connectivity index (χ0v) is 14.8. The average molecular weight is 341 g/mol. The molecule has 132 valence electrons. The minimum absolute atomic E-state index is 0.321. The third-order valence-corrected chi connectivity index (χ3v) is 5.71.